The first-order valence-corrected chi connectivity index (χ1v) is 6.63. The number of carbonyl (C=O) groups excluding carboxylic acids is 1. The first-order chi connectivity index (χ1) is 9.33. The van der Waals surface area contributed by atoms with Crippen LogP contribution in [0.25, 0.3) is 0 Å². The van der Waals surface area contributed by atoms with E-state index >= 15 is 0 Å². The van der Waals surface area contributed by atoms with Gasteiger partial charge in [0.15, 0.2) is 6.29 Å². The van der Waals surface area contributed by atoms with Gasteiger partial charge in [-0.05, 0) is 24.6 Å². The summed E-state index contributed by atoms with van der Waals surface area (Å²) in [7, 11) is 2.89. The maximum absolute atomic E-state index is 12.2. The second kappa shape index (κ2) is 5.41. The number of ether oxygens (including phenoxy) is 4. The Kier molecular flexibility index (Phi) is 4.16. The molecule has 0 unspecified atom stereocenters. The Morgan fingerprint density at radius 3 is 2.25 bits per heavy atom. The molecular weight excluding hydrogens is 260 g/mol. The van der Waals surface area contributed by atoms with E-state index in [1.165, 1.54) is 20.3 Å². The second-order valence-corrected chi connectivity index (χ2v) is 5.99. The molecule has 0 saturated carbocycles. The average Bonchev–Trinajstić information content (AvgIpc) is 2.41. The van der Waals surface area contributed by atoms with Crippen molar-refractivity contribution in [2.75, 3.05) is 27.4 Å². The lowest BCUT2D eigenvalue weighted by molar-refractivity contribution is -0.203. The van der Waals surface area contributed by atoms with E-state index in [1.807, 2.05) is 6.92 Å². The van der Waals surface area contributed by atoms with Crippen molar-refractivity contribution in [3.8, 4) is 0 Å². The predicted octanol–water partition coefficient (Wildman–Crippen LogP) is 1.83. The molecule has 0 N–H and O–H groups in total. The Morgan fingerprint density at radius 1 is 1.20 bits per heavy atom. The first-order valence-electron chi connectivity index (χ1n) is 6.63. The van der Waals surface area contributed by atoms with Crippen LogP contribution < -0.4 is 0 Å². The van der Waals surface area contributed by atoms with Crippen molar-refractivity contribution >= 4 is 5.78 Å². The molecule has 1 aliphatic heterocycles. The van der Waals surface area contributed by atoms with Gasteiger partial charge in [0, 0.05) is 25.2 Å². The van der Waals surface area contributed by atoms with Gasteiger partial charge in [-0.1, -0.05) is 13.8 Å². The molecule has 5 heteroatoms. The predicted molar refractivity (Wildman–Crippen MR) is 73.1 cm³/mol. The molecule has 1 aliphatic carbocycles. The van der Waals surface area contributed by atoms with Crippen LogP contribution in [-0.4, -0.2) is 45.3 Å². The smallest absolute Gasteiger partial charge is 0.253 e. The van der Waals surface area contributed by atoms with E-state index in [0.717, 1.165) is 11.1 Å². The molecule has 0 aromatic heterocycles. The Bertz CT molecular complexity index is 447. The maximum atomic E-state index is 12.2. The lowest BCUT2D eigenvalue weighted by Crippen LogP contribution is -2.44. The van der Waals surface area contributed by atoms with E-state index in [-0.39, 0.29) is 11.2 Å². The third kappa shape index (κ3) is 2.72. The summed E-state index contributed by atoms with van der Waals surface area (Å²) in [5.74, 6) is -1.60. The summed E-state index contributed by atoms with van der Waals surface area (Å²) in [6.07, 6.45) is 2.65. The van der Waals surface area contributed by atoms with E-state index in [1.54, 1.807) is 6.08 Å². The number of rotatable bonds is 3. The number of methoxy groups -OCH3 is 2. The minimum Gasteiger partial charge on any atom is -0.348 e. The van der Waals surface area contributed by atoms with Crippen LogP contribution in [0.15, 0.2) is 23.3 Å². The van der Waals surface area contributed by atoms with Crippen LogP contribution in [0.5, 0.6) is 0 Å². The van der Waals surface area contributed by atoms with Gasteiger partial charge in [0.2, 0.25) is 5.78 Å². The van der Waals surface area contributed by atoms with Gasteiger partial charge in [-0.3, -0.25) is 4.79 Å². The van der Waals surface area contributed by atoms with Gasteiger partial charge in [-0.25, -0.2) is 0 Å². The van der Waals surface area contributed by atoms with Gasteiger partial charge in [-0.15, -0.1) is 0 Å². The molecule has 2 aliphatic rings. The monoisotopic (exact) mass is 282 g/mol. The summed E-state index contributed by atoms with van der Waals surface area (Å²) in [5.41, 5.74) is 1.59. The van der Waals surface area contributed by atoms with Crippen LogP contribution in [0.1, 0.15) is 20.8 Å². The number of hydrogen-bond acceptors (Lipinski definition) is 5. The molecule has 0 bridgehead atoms. The third-order valence-corrected chi connectivity index (χ3v) is 3.60. The topological polar surface area (TPSA) is 54.0 Å². The molecule has 0 radical (unpaired) electrons. The van der Waals surface area contributed by atoms with Gasteiger partial charge in [0.1, 0.15) is 0 Å². The molecule has 0 amide bonds. The third-order valence-electron chi connectivity index (χ3n) is 3.60. The van der Waals surface area contributed by atoms with E-state index < -0.39 is 12.1 Å². The molecule has 1 saturated heterocycles. The second-order valence-electron chi connectivity index (χ2n) is 5.99. The van der Waals surface area contributed by atoms with Crippen molar-refractivity contribution in [3.63, 3.8) is 0 Å². The van der Waals surface area contributed by atoms with Crippen molar-refractivity contribution in [1.82, 2.24) is 0 Å². The van der Waals surface area contributed by atoms with Crippen molar-refractivity contribution in [2.45, 2.75) is 32.8 Å². The summed E-state index contributed by atoms with van der Waals surface area (Å²) in [6, 6.07) is 0. The van der Waals surface area contributed by atoms with E-state index in [4.69, 9.17) is 18.9 Å². The summed E-state index contributed by atoms with van der Waals surface area (Å²) in [4.78, 5) is 12.2. The molecule has 1 fully saturated rings. The fourth-order valence-corrected chi connectivity index (χ4v) is 2.32. The van der Waals surface area contributed by atoms with Crippen LogP contribution in [0.4, 0.5) is 0 Å². The molecule has 1 heterocycles. The fourth-order valence-electron chi connectivity index (χ4n) is 2.32. The average molecular weight is 282 g/mol. The molecule has 112 valence electrons. The molecule has 0 spiro atoms. The Morgan fingerprint density at radius 2 is 1.75 bits per heavy atom. The van der Waals surface area contributed by atoms with Crippen LogP contribution in [0, 0.1) is 5.41 Å². The van der Waals surface area contributed by atoms with Crippen molar-refractivity contribution in [1.29, 1.82) is 0 Å². The largest absolute Gasteiger partial charge is 0.348 e. The summed E-state index contributed by atoms with van der Waals surface area (Å²) < 4.78 is 21.9. The quantitative estimate of drug-likeness (QED) is 0.739. The fraction of sp³-hybridized carbons (Fsp3) is 0.667. The highest BCUT2D eigenvalue weighted by atomic mass is 16.7. The van der Waals surface area contributed by atoms with Crippen LogP contribution in [0.3, 0.4) is 0 Å². The minimum absolute atomic E-state index is 0.00380. The zero-order chi connectivity index (χ0) is 15.0. The van der Waals surface area contributed by atoms with Gasteiger partial charge in [0.05, 0.1) is 13.2 Å². The molecule has 20 heavy (non-hydrogen) atoms. The van der Waals surface area contributed by atoms with Crippen molar-refractivity contribution in [3.05, 3.63) is 23.3 Å². The minimum atomic E-state index is -1.33. The standard InChI is InChI=1S/C15H22O5/c1-10-7-15(17-4,18-5)12(16)6-11(10)13-19-8-14(2,3)9-20-13/h6-7,13H,8-9H2,1-5H3. The van der Waals surface area contributed by atoms with E-state index in [0.29, 0.717) is 13.2 Å². The molecule has 0 atom stereocenters. The SMILES string of the molecule is COC1(OC)C=C(C)C(C2OCC(C)(C)CO2)=CC1=O. The molecular formula is C15H22O5. The Balaban J connectivity index is 2.20. The van der Waals surface area contributed by atoms with Gasteiger partial charge < -0.3 is 18.9 Å². The lowest BCUT2D eigenvalue weighted by Gasteiger charge is -2.37. The summed E-state index contributed by atoms with van der Waals surface area (Å²) in [5, 5.41) is 0. The zero-order valence-electron chi connectivity index (χ0n) is 12.7. The molecule has 5 nitrogen and oxygen atoms in total. The Labute approximate surface area is 119 Å². The molecule has 0 aromatic rings. The maximum Gasteiger partial charge on any atom is 0.253 e. The summed E-state index contributed by atoms with van der Waals surface area (Å²) >= 11 is 0. The number of carbonyl (C=O) groups is 1. The van der Waals surface area contributed by atoms with Crippen LogP contribution in [-0.2, 0) is 23.7 Å². The first kappa shape index (κ1) is 15.4. The van der Waals surface area contributed by atoms with Crippen LogP contribution >= 0.6 is 0 Å². The lowest BCUT2D eigenvalue weighted by atomic mass is 9.91. The zero-order valence-corrected chi connectivity index (χ0v) is 12.7. The highest BCUT2D eigenvalue weighted by Gasteiger charge is 2.41. The summed E-state index contributed by atoms with van der Waals surface area (Å²) in [6.45, 7) is 7.23. The highest BCUT2D eigenvalue weighted by molar-refractivity contribution is 6.00. The van der Waals surface area contributed by atoms with Gasteiger partial charge in [-0.2, -0.15) is 0 Å². The van der Waals surface area contributed by atoms with Crippen LogP contribution in [0.2, 0.25) is 0 Å². The van der Waals surface area contributed by atoms with Gasteiger partial charge >= 0.3 is 0 Å². The molecule has 2 rings (SSSR count). The van der Waals surface area contributed by atoms with E-state index in [2.05, 4.69) is 13.8 Å². The number of ketones is 1. The van der Waals surface area contributed by atoms with Gasteiger partial charge in [0.25, 0.3) is 5.79 Å². The Hall–Kier alpha value is -1.01. The van der Waals surface area contributed by atoms with E-state index in [9.17, 15) is 4.79 Å². The normalized spacial score (nSPS) is 26.1. The van der Waals surface area contributed by atoms with Crippen molar-refractivity contribution < 1.29 is 23.7 Å². The number of hydrogen-bond donors (Lipinski definition) is 0. The highest BCUT2D eigenvalue weighted by Crippen LogP contribution is 2.33. The van der Waals surface area contributed by atoms with Crippen molar-refractivity contribution in [2.24, 2.45) is 5.41 Å². The molecule has 0 aromatic carbocycles.